The first-order valence-corrected chi connectivity index (χ1v) is 6.54. The molecule has 0 heterocycles. The highest BCUT2D eigenvalue weighted by atomic mass is 32.2. The zero-order valence-corrected chi connectivity index (χ0v) is 10.7. The Bertz CT molecular complexity index is 611. The van der Waals surface area contributed by atoms with E-state index in [1.54, 1.807) is 0 Å². The van der Waals surface area contributed by atoms with Crippen LogP contribution in [-0.2, 0) is 19.6 Å². The standard InChI is InChI=1S/C10H10F2N2O5S/c11-6-2-1-3-7(12)10(6)20(18,19)14(4-8(13)15)5-9(16)17/h1-3H,4-5H2,(H2,13,15)(H,16,17). The molecule has 0 radical (unpaired) electrons. The molecule has 0 spiro atoms. The summed E-state index contributed by atoms with van der Waals surface area (Å²) in [6, 6.07) is 2.33. The van der Waals surface area contributed by atoms with Gasteiger partial charge in [0.15, 0.2) is 4.90 Å². The summed E-state index contributed by atoms with van der Waals surface area (Å²) in [5.74, 6) is -5.56. The molecular weight excluding hydrogens is 298 g/mol. The number of primary amides is 1. The molecule has 7 nitrogen and oxygen atoms in total. The first-order valence-electron chi connectivity index (χ1n) is 5.10. The third-order valence-electron chi connectivity index (χ3n) is 2.16. The van der Waals surface area contributed by atoms with Crippen molar-refractivity contribution in [2.75, 3.05) is 13.1 Å². The fourth-order valence-electron chi connectivity index (χ4n) is 1.41. The first-order chi connectivity index (χ1) is 9.16. The lowest BCUT2D eigenvalue weighted by Gasteiger charge is -2.19. The number of nitrogens with zero attached hydrogens (tertiary/aromatic N) is 1. The third kappa shape index (κ3) is 3.48. The second-order valence-electron chi connectivity index (χ2n) is 3.68. The van der Waals surface area contributed by atoms with Crippen molar-refractivity contribution >= 4 is 21.9 Å². The molecule has 0 atom stereocenters. The van der Waals surface area contributed by atoms with Gasteiger partial charge in [0.2, 0.25) is 15.9 Å². The van der Waals surface area contributed by atoms with E-state index in [0.717, 1.165) is 6.07 Å². The number of carboxylic acids is 1. The number of nitrogens with two attached hydrogens (primary N) is 1. The van der Waals surface area contributed by atoms with Gasteiger partial charge in [0, 0.05) is 0 Å². The minimum absolute atomic E-state index is 0.0825. The van der Waals surface area contributed by atoms with Gasteiger partial charge in [-0.3, -0.25) is 9.59 Å². The second-order valence-corrected chi connectivity index (χ2v) is 5.56. The van der Waals surface area contributed by atoms with Crippen molar-refractivity contribution in [2.45, 2.75) is 4.90 Å². The molecule has 1 rings (SSSR count). The van der Waals surface area contributed by atoms with Gasteiger partial charge in [-0.25, -0.2) is 17.2 Å². The van der Waals surface area contributed by atoms with Crippen LogP contribution in [0, 0.1) is 11.6 Å². The van der Waals surface area contributed by atoms with E-state index in [1.165, 1.54) is 0 Å². The average Bonchev–Trinajstić information content (AvgIpc) is 2.26. The molecule has 0 aromatic heterocycles. The average molecular weight is 308 g/mol. The molecule has 1 amide bonds. The summed E-state index contributed by atoms with van der Waals surface area (Å²) in [4.78, 5) is 20.0. The molecule has 0 bridgehead atoms. The lowest BCUT2D eigenvalue weighted by Crippen LogP contribution is -2.42. The van der Waals surface area contributed by atoms with Crippen LogP contribution in [0.25, 0.3) is 0 Å². The molecule has 1 aromatic rings. The molecule has 0 aliphatic carbocycles. The molecule has 1 aromatic carbocycles. The number of rotatable bonds is 6. The van der Waals surface area contributed by atoms with E-state index >= 15 is 0 Å². The minimum atomic E-state index is -4.85. The van der Waals surface area contributed by atoms with E-state index in [1.807, 2.05) is 0 Å². The lowest BCUT2D eigenvalue weighted by molar-refractivity contribution is -0.137. The summed E-state index contributed by atoms with van der Waals surface area (Å²) in [7, 11) is -4.85. The van der Waals surface area contributed by atoms with Crippen molar-refractivity contribution in [3.05, 3.63) is 29.8 Å². The number of carbonyl (C=O) groups is 2. The summed E-state index contributed by atoms with van der Waals surface area (Å²) in [5.41, 5.74) is 4.79. The number of carbonyl (C=O) groups excluding carboxylic acids is 1. The highest BCUT2D eigenvalue weighted by Gasteiger charge is 2.33. The molecule has 110 valence electrons. The Morgan fingerprint density at radius 2 is 1.70 bits per heavy atom. The quantitative estimate of drug-likeness (QED) is 0.736. The fourth-order valence-corrected chi connectivity index (χ4v) is 2.87. The smallest absolute Gasteiger partial charge is 0.318 e. The van der Waals surface area contributed by atoms with Crippen LogP contribution in [0.15, 0.2) is 23.1 Å². The molecule has 0 aliphatic heterocycles. The van der Waals surface area contributed by atoms with Crippen LogP contribution >= 0.6 is 0 Å². The zero-order valence-electron chi connectivity index (χ0n) is 9.92. The van der Waals surface area contributed by atoms with Crippen LogP contribution in [0.3, 0.4) is 0 Å². The highest BCUT2D eigenvalue weighted by Crippen LogP contribution is 2.22. The van der Waals surface area contributed by atoms with Crippen molar-refractivity contribution < 1.29 is 31.9 Å². The van der Waals surface area contributed by atoms with Gasteiger partial charge in [-0.15, -0.1) is 0 Å². The number of hydrogen-bond donors (Lipinski definition) is 2. The molecule has 20 heavy (non-hydrogen) atoms. The Morgan fingerprint density at radius 3 is 2.10 bits per heavy atom. The predicted molar refractivity (Wildman–Crippen MR) is 61.9 cm³/mol. The number of hydrogen-bond acceptors (Lipinski definition) is 4. The number of sulfonamides is 1. The van der Waals surface area contributed by atoms with E-state index < -0.39 is 51.5 Å². The number of carboxylic acid groups (broad SMARTS) is 1. The van der Waals surface area contributed by atoms with Crippen LogP contribution in [-0.4, -0.2) is 42.8 Å². The van der Waals surface area contributed by atoms with E-state index in [0.29, 0.717) is 12.1 Å². The number of amides is 1. The summed E-state index contributed by atoms with van der Waals surface area (Å²) in [6.07, 6.45) is 0. The van der Waals surface area contributed by atoms with E-state index in [9.17, 15) is 26.8 Å². The van der Waals surface area contributed by atoms with Gasteiger partial charge in [0.25, 0.3) is 0 Å². The summed E-state index contributed by atoms with van der Waals surface area (Å²) >= 11 is 0. The van der Waals surface area contributed by atoms with Crippen LogP contribution in [0.2, 0.25) is 0 Å². The van der Waals surface area contributed by atoms with Gasteiger partial charge < -0.3 is 10.8 Å². The van der Waals surface area contributed by atoms with Crippen LogP contribution < -0.4 is 5.73 Å². The van der Waals surface area contributed by atoms with Crippen molar-refractivity contribution in [3.63, 3.8) is 0 Å². The lowest BCUT2D eigenvalue weighted by atomic mass is 10.3. The van der Waals surface area contributed by atoms with Crippen molar-refractivity contribution in [1.82, 2.24) is 4.31 Å². The summed E-state index contributed by atoms with van der Waals surface area (Å²) in [6.45, 7) is -2.17. The van der Waals surface area contributed by atoms with Crippen molar-refractivity contribution in [2.24, 2.45) is 5.73 Å². The van der Waals surface area contributed by atoms with Crippen LogP contribution in [0.1, 0.15) is 0 Å². The van der Waals surface area contributed by atoms with Crippen molar-refractivity contribution in [1.29, 1.82) is 0 Å². The Kier molecular flexibility index (Phi) is 4.73. The predicted octanol–water partition coefficient (Wildman–Crippen LogP) is -0.475. The Morgan fingerprint density at radius 1 is 1.20 bits per heavy atom. The monoisotopic (exact) mass is 308 g/mol. The Labute approximate surface area is 112 Å². The van der Waals surface area contributed by atoms with Gasteiger partial charge in [-0.2, -0.15) is 4.31 Å². The van der Waals surface area contributed by atoms with Gasteiger partial charge >= 0.3 is 5.97 Å². The Hall–Kier alpha value is -2.07. The minimum Gasteiger partial charge on any atom is -0.480 e. The van der Waals surface area contributed by atoms with Crippen LogP contribution in [0.4, 0.5) is 8.78 Å². The maximum Gasteiger partial charge on any atom is 0.318 e. The maximum atomic E-state index is 13.5. The van der Waals surface area contributed by atoms with E-state index in [2.05, 4.69) is 0 Å². The SMILES string of the molecule is NC(=O)CN(CC(=O)O)S(=O)(=O)c1c(F)cccc1F. The molecule has 0 aliphatic rings. The molecule has 0 unspecified atom stereocenters. The normalized spacial score (nSPS) is 11.6. The van der Waals surface area contributed by atoms with Gasteiger partial charge in [0.1, 0.15) is 18.2 Å². The molecule has 0 saturated carbocycles. The third-order valence-corrected chi connectivity index (χ3v) is 4.00. The highest BCUT2D eigenvalue weighted by molar-refractivity contribution is 7.89. The zero-order chi connectivity index (χ0) is 15.5. The summed E-state index contributed by atoms with van der Waals surface area (Å²) in [5, 5.41) is 8.60. The molecule has 10 heteroatoms. The largest absolute Gasteiger partial charge is 0.480 e. The molecule has 3 N–H and O–H groups in total. The van der Waals surface area contributed by atoms with Gasteiger partial charge in [-0.05, 0) is 12.1 Å². The van der Waals surface area contributed by atoms with Crippen molar-refractivity contribution in [3.8, 4) is 0 Å². The van der Waals surface area contributed by atoms with Gasteiger partial charge in [-0.1, -0.05) is 6.07 Å². The molecular formula is C10H10F2N2O5S. The number of benzene rings is 1. The number of halogens is 2. The molecule has 0 saturated heterocycles. The topological polar surface area (TPSA) is 118 Å². The fraction of sp³-hybridized carbons (Fsp3) is 0.200. The second kappa shape index (κ2) is 5.92. The maximum absolute atomic E-state index is 13.5. The van der Waals surface area contributed by atoms with E-state index in [4.69, 9.17) is 10.8 Å². The van der Waals surface area contributed by atoms with E-state index in [-0.39, 0.29) is 4.31 Å². The summed E-state index contributed by atoms with van der Waals surface area (Å²) < 4.78 is 51.1. The van der Waals surface area contributed by atoms with Crippen LogP contribution in [0.5, 0.6) is 0 Å². The molecule has 0 fully saturated rings. The van der Waals surface area contributed by atoms with Gasteiger partial charge in [0.05, 0.1) is 6.54 Å². The Balaban J connectivity index is 3.36. The first kappa shape index (κ1) is 16.0. The number of aliphatic carboxylic acids is 1.